The number of nitrogens with zero attached hydrogens (tertiary/aromatic N) is 2. The number of allylic oxidation sites excluding steroid dienone is 2. The molecule has 1 aromatic heterocycles. The Morgan fingerprint density at radius 1 is 0.800 bits per heavy atom. The molecule has 8 nitrogen and oxygen atoms in total. The molecule has 1 amide bonds. The van der Waals surface area contributed by atoms with Crippen molar-refractivity contribution in [2.45, 2.75) is 39.4 Å². The fourth-order valence-electron chi connectivity index (χ4n) is 4.78. The second kappa shape index (κ2) is 14.1. The summed E-state index contributed by atoms with van der Waals surface area (Å²) < 4.78 is 12.4. The molecule has 8 heteroatoms. The van der Waals surface area contributed by atoms with Crippen LogP contribution >= 0.6 is 0 Å². The Morgan fingerprint density at radius 3 is 1.88 bits per heavy atom. The topological polar surface area (TPSA) is 94.9 Å². The van der Waals surface area contributed by atoms with Gasteiger partial charge in [-0.1, -0.05) is 72.8 Å². The zero-order valence-corrected chi connectivity index (χ0v) is 22.6. The number of likely N-dealkylation sites (tertiary alicyclic amines) is 1. The van der Waals surface area contributed by atoms with Crippen molar-refractivity contribution in [2.24, 2.45) is 11.8 Å². The molecule has 1 fully saturated rings. The largest absolute Gasteiger partial charge is 0.460 e. The van der Waals surface area contributed by atoms with Gasteiger partial charge in [0.25, 0.3) is 5.91 Å². The fourth-order valence-corrected chi connectivity index (χ4v) is 4.78. The quantitative estimate of drug-likeness (QED) is 0.191. The molecule has 0 radical (unpaired) electrons. The Morgan fingerprint density at radius 2 is 1.35 bits per heavy atom. The minimum Gasteiger partial charge on any atom is -0.460 e. The summed E-state index contributed by atoms with van der Waals surface area (Å²) in [6.07, 6.45) is 6.52. The molecule has 208 valence electrons. The molecular weight excluding hydrogens is 508 g/mol. The Kier molecular flexibility index (Phi) is 10.0. The minimum atomic E-state index is -1.37. The van der Waals surface area contributed by atoms with Crippen LogP contribution in [0.25, 0.3) is 0 Å². The van der Waals surface area contributed by atoms with Gasteiger partial charge in [0.15, 0.2) is 5.92 Å². The number of benzene rings is 2. The summed E-state index contributed by atoms with van der Waals surface area (Å²) in [4.78, 5) is 55.0. The standard InChI is InChI=1S/C32H34N2O6/c1-2-12-26(21-28(35)34-20-11-17-27(34)30(36)33-18-9-10-19-33)29(31(37)39-22-24-13-5-3-6-14-24)32(38)40-23-25-15-7-4-8-16-25/h2-8,11-17,20,26,29H,9-10,18-19,21-23H2,1H3/b12-2+/t26-/m0/s1. The third-order valence-electron chi connectivity index (χ3n) is 6.86. The highest BCUT2D eigenvalue weighted by molar-refractivity contribution is 5.99. The molecule has 0 bridgehead atoms. The summed E-state index contributed by atoms with van der Waals surface area (Å²) in [5.41, 5.74) is 1.80. The molecule has 1 atom stereocenters. The van der Waals surface area contributed by atoms with Crippen molar-refractivity contribution in [2.75, 3.05) is 13.1 Å². The number of aromatic nitrogens is 1. The lowest BCUT2D eigenvalue weighted by Crippen LogP contribution is -2.36. The van der Waals surface area contributed by atoms with E-state index in [2.05, 4.69) is 0 Å². The Balaban J connectivity index is 1.54. The predicted molar refractivity (Wildman–Crippen MR) is 149 cm³/mol. The van der Waals surface area contributed by atoms with Gasteiger partial charge in [0.1, 0.15) is 18.9 Å². The number of esters is 2. The van der Waals surface area contributed by atoms with Crippen molar-refractivity contribution in [1.82, 2.24) is 9.47 Å². The summed E-state index contributed by atoms with van der Waals surface area (Å²) in [7, 11) is 0. The first-order valence-corrected chi connectivity index (χ1v) is 13.5. The van der Waals surface area contributed by atoms with Gasteiger partial charge >= 0.3 is 11.9 Å². The molecule has 0 aliphatic carbocycles. The van der Waals surface area contributed by atoms with Crippen molar-refractivity contribution in [3.63, 3.8) is 0 Å². The number of ether oxygens (including phenoxy) is 2. The number of carbonyl (C=O) groups is 4. The smallest absolute Gasteiger partial charge is 0.321 e. The van der Waals surface area contributed by atoms with Crippen LogP contribution in [0.4, 0.5) is 0 Å². The van der Waals surface area contributed by atoms with Crippen LogP contribution in [0.15, 0.2) is 91.1 Å². The first kappa shape index (κ1) is 28.5. The van der Waals surface area contributed by atoms with Gasteiger partial charge in [-0.2, -0.15) is 0 Å². The van der Waals surface area contributed by atoms with E-state index in [9.17, 15) is 19.2 Å². The first-order valence-electron chi connectivity index (χ1n) is 13.5. The van der Waals surface area contributed by atoms with E-state index in [0.29, 0.717) is 13.1 Å². The molecule has 2 heterocycles. The molecule has 0 spiro atoms. The maximum Gasteiger partial charge on any atom is 0.321 e. The van der Waals surface area contributed by atoms with Crippen molar-refractivity contribution in [3.05, 3.63) is 108 Å². The zero-order valence-electron chi connectivity index (χ0n) is 22.6. The summed E-state index contributed by atoms with van der Waals surface area (Å²) in [5, 5.41) is 0. The van der Waals surface area contributed by atoms with Gasteiger partial charge < -0.3 is 14.4 Å². The van der Waals surface area contributed by atoms with Gasteiger partial charge in [0, 0.05) is 31.6 Å². The van der Waals surface area contributed by atoms with Gasteiger partial charge in [-0.05, 0) is 43.0 Å². The highest BCUT2D eigenvalue weighted by atomic mass is 16.6. The zero-order chi connectivity index (χ0) is 28.3. The lowest BCUT2D eigenvalue weighted by molar-refractivity contribution is -0.165. The molecule has 0 N–H and O–H groups in total. The van der Waals surface area contributed by atoms with Crippen LogP contribution in [-0.2, 0) is 32.3 Å². The van der Waals surface area contributed by atoms with Gasteiger partial charge in [0.2, 0.25) is 5.91 Å². The second-order valence-corrected chi connectivity index (χ2v) is 9.71. The number of hydrogen-bond acceptors (Lipinski definition) is 6. The molecule has 1 aliphatic rings. The molecule has 2 aromatic carbocycles. The highest BCUT2D eigenvalue weighted by Crippen LogP contribution is 2.25. The first-order chi connectivity index (χ1) is 19.5. The third-order valence-corrected chi connectivity index (χ3v) is 6.86. The Labute approximate surface area is 234 Å². The van der Waals surface area contributed by atoms with E-state index < -0.39 is 29.7 Å². The number of hydrogen-bond donors (Lipinski definition) is 0. The van der Waals surface area contributed by atoms with Gasteiger partial charge in [-0.3, -0.25) is 23.7 Å². The predicted octanol–water partition coefficient (Wildman–Crippen LogP) is 5.05. The average Bonchev–Trinajstić information content (AvgIpc) is 3.69. The van der Waals surface area contributed by atoms with Crippen molar-refractivity contribution >= 4 is 23.8 Å². The molecule has 0 saturated carbocycles. The van der Waals surface area contributed by atoms with Crippen LogP contribution in [0.3, 0.4) is 0 Å². The number of carbonyl (C=O) groups excluding carboxylic acids is 4. The fraction of sp³-hybridized carbons (Fsp3) is 0.312. The van der Waals surface area contributed by atoms with Gasteiger partial charge in [0.05, 0.1) is 0 Å². The van der Waals surface area contributed by atoms with E-state index in [1.54, 1.807) is 36.1 Å². The molecule has 1 saturated heterocycles. The summed E-state index contributed by atoms with van der Waals surface area (Å²) in [6, 6.07) is 21.5. The maximum absolute atomic E-state index is 13.5. The molecule has 0 unspecified atom stereocenters. The molecule has 40 heavy (non-hydrogen) atoms. The van der Waals surface area contributed by atoms with Crippen molar-refractivity contribution < 1.29 is 28.7 Å². The second-order valence-electron chi connectivity index (χ2n) is 9.71. The SMILES string of the molecule is C/C=C/[C@@H](CC(=O)n1cccc1C(=O)N1CCCC1)C(C(=O)OCc1ccccc1)C(=O)OCc1ccccc1. The van der Waals surface area contributed by atoms with Crippen LogP contribution in [0.5, 0.6) is 0 Å². The third kappa shape index (κ3) is 7.34. The maximum atomic E-state index is 13.5. The van der Waals surface area contributed by atoms with Crippen LogP contribution in [0.1, 0.15) is 52.6 Å². The number of amides is 1. The van der Waals surface area contributed by atoms with Crippen LogP contribution < -0.4 is 0 Å². The Hall–Kier alpha value is -4.46. The summed E-state index contributed by atoms with van der Waals surface area (Å²) in [5.74, 6) is -4.40. The molecular formula is C32H34N2O6. The van der Waals surface area contributed by atoms with E-state index in [1.807, 2.05) is 60.7 Å². The monoisotopic (exact) mass is 542 g/mol. The lowest BCUT2D eigenvalue weighted by Gasteiger charge is -2.23. The van der Waals surface area contributed by atoms with E-state index in [1.165, 1.54) is 10.8 Å². The molecule has 1 aliphatic heterocycles. The minimum absolute atomic E-state index is 0.0231. The van der Waals surface area contributed by atoms with E-state index in [4.69, 9.17) is 9.47 Å². The lowest BCUT2D eigenvalue weighted by atomic mass is 9.88. The van der Waals surface area contributed by atoms with Crippen LogP contribution in [0.2, 0.25) is 0 Å². The van der Waals surface area contributed by atoms with Crippen molar-refractivity contribution in [3.8, 4) is 0 Å². The number of rotatable bonds is 11. The van der Waals surface area contributed by atoms with Crippen LogP contribution in [0, 0.1) is 11.8 Å². The highest BCUT2D eigenvalue weighted by Gasteiger charge is 2.38. The summed E-state index contributed by atoms with van der Waals surface area (Å²) in [6.45, 7) is 3.01. The van der Waals surface area contributed by atoms with Gasteiger partial charge in [-0.25, -0.2) is 0 Å². The molecule has 3 aromatic rings. The van der Waals surface area contributed by atoms with E-state index >= 15 is 0 Å². The Bertz CT molecular complexity index is 1270. The molecule has 4 rings (SSSR count). The van der Waals surface area contributed by atoms with Gasteiger partial charge in [-0.15, -0.1) is 0 Å². The van der Waals surface area contributed by atoms with Crippen molar-refractivity contribution in [1.29, 1.82) is 0 Å². The van der Waals surface area contributed by atoms with E-state index in [-0.39, 0.29) is 31.2 Å². The average molecular weight is 543 g/mol. The summed E-state index contributed by atoms with van der Waals surface area (Å²) >= 11 is 0. The normalized spacial score (nSPS) is 13.9. The van der Waals surface area contributed by atoms with E-state index in [0.717, 1.165) is 24.0 Å². The van der Waals surface area contributed by atoms with Crippen LogP contribution in [-0.4, -0.2) is 46.3 Å².